The summed E-state index contributed by atoms with van der Waals surface area (Å²) in [6.45, 7) is 17.6. The van der Waals surface area contributed by atoms with E-state index in [1.165, 1.54) is 14.0 Å². The van der Waals surface area contributed by atoms with Gasteiger partial charge >= 0.3 is 5.97 Å². The molecule has 0 aromatic rings. The van der Waals surface area contributed by atoms with E-state index in [0.717, 1.165) is 0 Å². The number of hydrogen-bond donors (Lipinski definition) is 6. The number of carbonyl (C=O) groups excluding carboxylic acids is 2. The molecule has 0 aromatic carbocycles. The lowest BCUT2D eigenvalue weighted by Gasteiger charge is -2.48. The number of likely N-dealkylation sites (N-methyl/N-ethyl adjacent to an activating group) is 1. The van der Waals surface area contributed by atoms with Crippen LogP contribution in [0.15, 0.2) is 0 Å². The Morgan fingerprint density at radius 1 is 0.981 bits per heavy atom. The van der Waals surface area contributed by atoms with E-state index in [2.05, 4.69) is 5.32 Å². The van der Waals surface area contributed by atoms with Gasteiger partial charge in [0.15, 0.2) is 12.6 Å². The molecule has 3 heterocycles. The van der Waals surface area contributed by atoms with E-state index in [4.69, 9.17) is 28.4 Å². The van der Waals surface area contributed by atoms with Crippen LogP contribution in [0.3, 0.4) is 0 Å². The molecule has 0 spiro atoms. The summed E-state index contributed by atoms with van der Waals surface area (Å²) in [5.74, 6) is -2.79. The van der Waals surface area contributed by atoms with Crippen molar-refractivity contribution in [2.45, 2.75) is 185 Å². The maximum absolute atomic E-state index is 14.2. The lowest BCUT2D eigenvalue weighted by atomic mass is 9.77. The standard InChI is InChI=1S/C37H68N2O13/c1-13-26-37(10,46)30(42)23(6)39(11)17-19(2)15-35(8,45)32(52-34-28(41)25(38-18-40)14-20(3)48-34)21(4)29(22(5)33(44)50-26)51-27-16-36(9,47-12)31(43)24(7)49-27/h18-32,34,41-43,45-46H,13-17H2,1-12H3,(H,38,40)/t19-,20?,21+,22-,23-,24?,25?,26-,27?,28?,29+,30-,31?,32-,34?,35+,36?,37-/m1/s1. The highest BCUT2D eigenvalue weighted by atomic mass is 16.7. The molecule has 0 radical (unpaired) electrons. The Bertz CT molecular complexity index is 1160. The zero-order valence-electron chi connectivity index (χ0n) is 33.2. The number of aliphatic hydroxyl groups excluding tert-OH is 3. The highest BCUT2D eigenvalue weighted by Gasteiger charge is 2.52. The number of esters is 1. The topological polar surface area (TPSA) is 206 Å². The van der Waals surface area contributed by atoms with Crippen LogP contribution in [-0.4, -0.2) is 154 Å². The Morgan fingerprint density at radius 2 is 1.62 bits per heavy atom. The Morgan fingerprint density at radius 3 is 2.19 bits per heavy atom. The van der Waals surface area contributed by atoms with Crippen molar-refractivity contribution in [3.8, 4) is 0 Å². The normalized spacial score (nSPS) is 49.3. The van der Waals surface area contributed by atoms with Crippen LogP contribution in [0.25, 0.3) is 0 Å². The van der Waals surface area contributed by atoms with Crippen LogP contribution in [0.2, 0.25) is 0 Å². The molecule has 3 aliphatic rings. The molecule has 0 aromatic heterocycles. The van der Waals surface area contributed by atoms with Crippen molar-refractivity contribution in [3.05, 3.63) is 0 Å². The second-order valence-electron chi connectivity index (χ2n) is 16.5. The van der Waals surface area contributed by atoms with E-state index in [1.54, 1.807) is 55.4 Å². The number of nitrogens with zero attached hydrogens (tertiary/aromatic N) is 1. The lowest BCUT2D eigenvalue weighted by Crippen LogP contribution is -2.60. The molecular weight excluding hydrogens is 680 g/mol. The van der Waals surface area contributed by atoms with Crippen LogP contribution >= 0.6 is 0 Å². The van der Waals surface area contributed by atoms with Crippen LogP contribution in [0.4, 0.5) is 0 Å². The van der Waals surface area contributed by atoms with Crippen LogP contribution < -0.4 is 5.32 Å². The predicted molar refractivity (Wildman–Crippen MR) is 190 cm³/mol. The van der Waals surface area contributed by atoms with Crippen molar-refractivity contribution in [2.75, 3.05) is 20.7 Å². The molecule has 52 heavy (non-hydrogen) atoms. The average Bonchev–Trinajstić information content (AvgIpc) is 3.06. The molecule has 0 bridgehead atoms. The third-order valence-corrected chi connectivity index (χ3v) is 11.9. The summed E-state index contributed by atoms with van der Waals surface area (Å²) in [6.07, 6.45) is -8.89. The first-order valence-electron chi connectivity index (χ1n) is 18.8. The SMILES string of the molecule is CC[C@H]1OC(=O)[C@H](C)[C@@H](OC2CC(C)(OC)C(O)C(C)O2)[C@H](C)[C@@H](OC2OC(C)CC(NC=O)C2O)[C@@](C)(O)C[C@@H](C)CN(C)[C@H](C)[C@@H](O)[C@]1(C)O. The van der Waals surface area contributed by atoms with E-state index in [1.807, 2.05) is 18.9 Å². The molecule has 0 saturated carbocycles. The third kappa shape index (κ3) is 10.0. The summed E-state index contributed by atoms with van der Waals surface area (Å²) in [6, 6.07) is -1.24. The fourth-order valence-corrected chi connectivity index (χ4v) is 8.50. The maximum atomic E-state index is 14.2. The molecule has 15 heteroatoms. The molecule has 18 atom stereocenters. The van der Waals surface area contributed by atoms with Gasteiger partial charge in [0, 0.05) is 32.0 Å². The summed E-state index contributed by atoms with van der Waals surface area (Å²) < 4.78 is 37.1. The third-order valence-electron chi connectivity index (χ3n) is 11.9. The molecule has 3 fully saturated rings. The quantitative estimate of drug-likeness (QED) is 0.152. The second-order valence-corrected chi connectivity index (χ2v) is 16.5. The van der Waals surface area contributed by atoms with Gasteiger partial charge in [-0.1, -0.05) is 20.8 Å². The number of carbonyl (C=O) groups is 2. The van der Waals surface area contributed by atoms with Crippen LogP contribution in [0, 0.1) is 17.8 Å². The maximum Gasteiger partial charge on any atom is 0.311 e. The van der Waals surface area contributed by atoms with Crippen LogP contribution in [0.5, 0.6) is 0 Å². The van der Waals surface area contributed by atoms with Crippen molar-refractivity contribution >= 4 is 12.4 Å². The van der Waals surface area contributed by atoms with Crippen molar-refractivity contribution in [1.29, 1.82) is 0 Å². The van der Waals surface area contributed by atoms with E-state index in [9.17, 15) is 35.1 Å². The first-order valence-corrected chi connectivity index (χ1v) is 18.8. The van der Waals surface area contributed by atoms with Gasteiger partial charge in [0.1, 0.15) is 30.0 Å². The number of methoxy groups -OCH3 is 1. The Hall–Kier alpha value is -1.50. The van der Waals surface area contributed by atoms with Crippen molar-refractivity contribution in [2.24, 2.45) is 17.8 Å². The zero-order valence-corrected chi connectivity index (χ0v) is 33.2. The van der Waals surface area contributed by atoms with Gasteiger partial charge in [-0.25, -0.2) is 0 Å². The first kappa shape index (κ1) is 44.9. The Balaban J connectivity index is 2.17. The van der Waals surface area contributed by atoms with Gasteiger partial charge in [0.2, 0.25) is 6.41 Å². The van der Waals surface area contributed by atoms with E-state index < -0.39 is 108 Å². The second kappa shape index (κ2) is 18.0. The molecule has 3 saturated heterocycles. The molecule has 304 valence electrons. The van der Waals surface area contributed by atoms with Crippen molar-refractivity contribution < 1.29 is 63.5 Å². The Kier molecular flexibility index (Phi) is 15.5. The number of rotatable bonds is 8. The van der Waals surface area contributed by atoms with E-state index >= 15 is 0 Å². The number of hydrogen-bond acceptors (Lipinski definition) is 14. The van der Waals surface area contributed by atoms with Crippen molar-refractivity contribution in [1.82, 2.24) is 10.2 Å². The average molecular weight is 749 g/mol. The molecule has 3 aliphatic heterocycles. The smallest absolute Gasteiger partial charge is 0.311 e. The summed E-state index contributed by atoms with van der Waals surface area (Å²) in [5.41, 5.74) is -4.50. The van der Waals surface area contributed by atoms with E-state index in [0.29, 0.717) is 19.4 Å². The molecule has 0 aliphatic carbocycles. The van der Waals surface area contributed by atoms with Gasteiger partial charge in [0.25, 0.3) is 0 Å². The van der Waals surface area contributed by atoms with Crippen LogP contribution in [-0.2, 0) is 38.0 Å². The minimum absolute atomic E-state index is 0.0999. The van der Waals surface area contributed by atoms with Crippen LogP contribution in [0.1, 0.15) is 94.9 Å². The summed E-state index contributed by atoms with van der Waals surface area (Å²) in [7, 11) is 3.30. The molecule has 8 unspecified atom stereocenters. The number of nitrogens with one attached hydrogen (secondary N) is 1. The summed E-state index contributed by atoms with van der Waals surface area (Å²) in [5, 5.41) is 60.4. The monoisotopic (exact) mass is 748 g/mol. The fraction of sp³-hybridized carbons (Fsp3) is 0.946. The Labute approximate surface area is 309 Å². The predicted octanol–water partition coefficient (Wildman–Crippen LogP) is 1.09. The minimum Gasteiger partial charge on any atom is -0.459 e. The van der Waals surface area contributed by atoms with Gasteiger partial charge in [-0.3, -0.25) is 9.59 Å². The molecule has 15 nitrogen and oxygen atoms in total. The van der Waals surface area contributed by atoms with E-state index in [-0.39, 0.29) is 25.2 Å². The summed E-state index contributed by atoms with van der Waals surface area (Å²) in [4.78, 5) is 27.4. The highest BCUT2D eigenvalue weighted by Crippen LogP contribution is 2.40. The number of cyclic esters (lactones) is 1. The fourth-order valence-electron chi connectivity index (χ4n) is 8.50. The first-order chi connectivity index (χ1) is 24.0. The summed E-state index contributed by atoms with van der Waals surface area (Å²) >= 11 is 0. The highest BCUT2D eigenvalue weighted by molar-refractivity contribution is 5.73. The zero-order chi connectivity index (χ0) is 39.5. The van der Waals surface area contributed by atoms with Crippen molar-refractivity contribution in [3.63, 3.8) is 0 Å². The molecule has 3 rings (SSSR count). The van der Waals surface area contributed by atoms with Gasteiger partial charge in [-0.2, -0.15) is 0 Å². The van der Waals surface area contributed by atoms with Gasteiger partial charge in [-0.15, -0.1) is 0 Å². The van der Waals surface area contributed by atoms with Gasteiger partial charge in [-0.05, 0) is 80.7 Å². The number of aliphatic hydroxyl groups is 5. The van der Waals surface area contributed by atoms with Gasteiger partial charge < -0.3 is 64.2 Å². The molecule has 6 N–H and O–H groups in total. The largest absolute Gasteiger partial charge is 0.459 e. The molecular formula is C37H68N2O13. The lowest BCUT2D eigenvalue weighted by molar-refractivity contribution is -0.315. The number of ether oxygens (including phenoxy) is 6. The van der Waals surface area contributed by atoms with Gasteiger partial charge in [0.05, 0.1) is 47.6 Å². The molecule has 1 amide bonds. The number of amides is 1. The minimum atomic E-state index is -1.82.